The van der Waals surface area contributed by atoms with Crippen LogP contribution in [0.4, 0.5) is 22.7 Å². The third-order valence-corrected chi connectivity index (χ3v) is 8.07. The maximum absolute atomic E-state index is 11.4. The van der Waals surface area contributed by atoms with Crippen LogP contribution in [0.15, 0.2) is 118 Å². The second-order valence-electron chi connectivity index (χ2n) is 10.7. The Labute approximate surface area is 312 Å². The average Bonchev–Trinajstić information content (AvgIpc) is 3.58. The number of aryl methyl sites for hydroxylation is 2. The first-order valence-electron chi connectivity index (χ1n) is 15.0. The van der Waals surface area contributed by atoms with Gasteiger partial charge < -0.3 is 31.3 Å². The normalized spacial score (nSPS) is 10.9. The van der Waals surface area contributed by atoms with Gasteiger partial charge in [0.25, 0.3) is 10.1 Å². The molecular weight excluding hydrogens is 748 g/mol. The summed E-state index contributed by atoms with van der Waals surface area (Å²) in [5, 5.41) is 55.6. The summed E-state index contributed by atoms with van der Waals surface area (Å²) in [6, 6.07) is 27.2. The second kappa shape index (κ2) is 16.7. The monoisotopic (exact) mass is 777 g/mol. The zero-order chi connectivity index (χ0) is 37.6. The second-order valence-corrected chi connectivity index (χ2v) is 12.2. The number of aromatic carboxylic acids is 2. The molecule has 2 heterocycles. The number of nitrogens with zero attached hydrogens (tertiary/aromatic N) is 7. The number of carboxylic acids is 2. The van der Waals surface area contributed by atoms with Gasteiger partial charge in [-0.25, -0.2) is 9.59 Å². The number of para-hydroxylation sites is 2. The van der Waals surface area contributed by atoms with Crippen LogP contribution in [0.3, 0.4) is 0 Å². The van der Waals surface area contributed by atoms with E-state index >= 15 is 0 Å². The number of carboxylic acid groups (broad SMARTS) is 2. The number of carbonyl (C=O) groups is 2. The van der Waals surface area contributed by atoms with Crippen molar-refractivity contribution >= 4 is 44.8 Å². The van der Waals surface area contributed by atoms with Crippen LogP contribution >= 0.6 is 0 Å². The van der Waals surface area contributed by atoms with Crippen molar-refractivity contribution in [2.24, 2.45) is 10.2 Å². The number of nitrogens with one attached hydrogen (secondary N) is 1. The standard InChI is InChI=1S/C17H15N4O6S.C17H14N4O3.Cr/c1-10-15(16(22)21(20-10)11-5-3-2-4-6-11)19-18-14-8-7-12(28(25,26)27)9-13(14)17(23)24;1-11-15(16(22)21(20-11)12-7-3-2-4-8-12)19-18-14-10-6-5-9-13(14)17(23)24;/h2-9,19H,1H3,(H,20,22)(H,23,24)(H,25,26,27);2-10,22H,1H3,(H,23,24);/q-1;;. The van der Waals surface area contributed by atoms with Crippen molar-refractivity contribution in [3.8, 4) is 23.1 Å². The Hall–Kier alpha value is -6.52. The Morgan fingerprint density at radius 3 is 1.81 bits per heavy atom. The van der Waals surface area contributed by atoms with E-state index in [0.717, 1.165) is 18.2 Å². The van der Waals surface area contributed by atoms with Crippen LogP contribution in [0.5, 0.6) is 11.8 Å². The minimum atomic E-state index is -4.56. The first-order chi connectivity index (χ1) is 24.8. The molecule has 272 valence electrons. The number of aromatic hydroxyl groups is 2. The van der Waals surface area contributed by atoms with Gasteiger partial charge in [-0.05, 0) is 62.4 Å². The number of hydrogen-bond acceptors (Lipinski definition) is 11. The van der Waals surface area contributed by atoms with Crippen LogP contribution in [0.25, 0.3) is 16.8 Å². The fourth-order valence-electron chi connectivity index (χ4n) is 4.67. The molecule has 53 heavy (non-hydrogen) atoms. The number of aromatic nitrogens is 4. The molecule has 19 heteroatoms. The van der Waals surface area contributed by atoms with Gasteiger partial charge in [-0.1, -0.05) is 54.6 Å². The molecule has 6 N–H and O–H groups in total. The maximum atomic E-state index is 11.4. The van der Waals surface area contributed by atoms with Gasteiger partial charge in [0.15, 0.2) is 5.69 Å². The molecule has 0 atom stereocenters. The van der Waals surface area contributed by atoms with Crippen LogP contribution in [0.1, 0.15) is 32.1 Å². The van der Waals surface area contributed by atoms with Crippen molar-refractivity contribution in [1.29, 1.82) is 0 Å². The van der Waals surface area contributed by atoms with Crippen molar-refractivity contribution in [3.05, 3.63) is 131 Å². The predicted octanol–water partition coefficient (Wildman–Crippen LogP) is 6.86. The smallest absolute Gasteiger partial charge is 0.337 e. The first-order valence-corrected chi connectivity index (χ1v) is 16.4. The summed E-state index contributed by atoms with van der Waals surface area (Å²) in [4.78, 5) is 22.0. The van der Waals surface area contributed by atoms with Gasteiger partial charge in [-0.3, -0.25) is 4.55 Å². The van der Waals surface area contributed by atoms with Crippen LogP contribution in [-0.2, 0) is 27.5 Å². The van der Waals surface area contributed by atoms with E-state index in [1.807, 2.05) is 24.3 Å². The van der Waals surface area contributed by atoms with E-state index in [0.29, 0.717) is 22.8 Å². The predicted molar refractivity (Wildman–Crippen MR) is 187 cm³/mol. The van der Waals surface area contributed by atoms with Crippen LogP contribution < -0.4 is 5.43 Å². The Kier molecular flexibility index (Phi) is 12.3. The summed E-state index contributed by atoms with van der Waals surface area (Å²) < 4.78 is 34.1. The molecule has 0 unspecified atom stereocenters. The Balaban J connectivity index is 0.000000235. The third-order valence-electron chi connectivity index (χ3n) is 7.22. The fraction of sp³-hybridized carbons (Fsp3) is 0.0588. The van der Waals surface area contributed by atoms with Gasteiger partial charge >= 0.3 is 11.9 Å². The van der Waals surface area contributed by atoms with E-state index in [-0.39, 0.29) is 57.4 Å². The summed E-state index contributed by atoms with van der Waals surface area (Å²) in [7, 11) is -4.56. The molecule has 0 spiro atoms. The van der Waals surface area contributed by atoms with Gasteiger partial charge in [0.05, 0.1) is 33.2 Å². The van der Waals surface area contributed by atoms with Gasteiger partial charge in [0, 0.05) is 22.9 Å². The van der Waals surface area contributed by atoms with Crippen LogP contribution in [0.2, 0.25) is 0 Å². The topological polar surface area (TPSA) is 256 Å². The number of hydrogen-bond donors (Lipinski definition) is 6. The summed E-state index contributed by atoms with van der Waals surface area (Å²) in [5.74, 6) is -2.92. The number of rotatable bonds is 10. The van der Waals surface area contributed by atoms with Crippen molar-refractivity contribution in [2.45, 2.75) is 18.7 Å². The molecule has 0 aliphatic heterocycles. The third kappa shape index (κ3) is 9.05. The van der Waals surface area contributed by atoms with Crippen molar-refractivity contribution in [3.63, 3.8) is 0 Å². The van der Waals surface area contributed by atoms with E-state index in [1.165, 1.54) is 15.4 Å². The number of azo groups is 1. The quantitative estimate of drug-likeness (QED) is 0.0474. The van der Waals surface area contributed by atoms with E-state index in [1.54, 1.807) is 68.4 Å². The largest absolute Gasteiger partial charge is 0.597 e. The maximum Gasteiger partial charge on any atom is 0.337 e. The van der Waals surface area contributed by atoms with Gasteiger partial charge in [0.2, 0.25) is 11.8 Å². The van der Waals surface area contributed by atoms with Crippen molar-refractivity contribution < 1.29 is 60.3 Å². The SMILES string of the molecule is Cc1nn(-c2ccccc2)c(O)c1N=Nc1ccccc1C(=O)O.Cc1nn(-c2ccccc2)c(O)c1N[N-]c1ccc(S(=O)(=O)O)cc1C(=O)O.[Cr]. The van der Waals surface area contributed by atoms with E-state index < -0.39 is 32.5 Å². The fourth-order valence-corrected chi connectivity index (χ4v) is 5.18. The summed E-state index contributed by atoms with van der Waals surface area (Å²) in [6.07, 6.45) is 0. The van der Waals surface area contributed by atoms with E-state index in [2.05, 4.69) is 31.3 Å². The minimum Gasteiger partial charge on any atom is -0.597 e. The molecule has 0 saturated carbocycles. The molecule has 0 radical (unpaired) electrons. The minimum absolute atomic E-state index is 0. The van der Waals surface area contributed by atoms with Crippen molar-refractivity contribution in [2.75, 3.05) is 5.43 Å². The molecular formula is C34H29CrN8O9S-. The zero-order valence-electron chi connectivity index (χ0n) is 27.6. The first kappa shape index (κ1) is 39.3. The van der Waals surface area contributed by atoms with Crippen LogP contribution in [0, 0.1) is 13.8 Å². The molecule has 2 aromatic heterocycles. The molecule has 6 rings (SSSR count). The summed E-state index contributed by atoms with van der Waals surface area (Å²) in [5.41, 5.74) is 8.69. The average molecular weight is 778 g/mol. The molecule has 0 amide bonds. The molecule has 0 aliphatic rings. The Bertz CT molecular complexity index is 2400. The summed E-state index contributed by atoms with van der Waals surface area (Å²) in [6.45, 7) is 3.31. The van der Waals surface area contributed by atoms with Crippen LogP contribution in [-0.4, -0.2) is 64.9 Å². The molecule has 0 aliphatic carbocycles. The summed E-state index contributed by atoms with van der Waals surface area (Å²) >= 11 is 0. The molecule has 17 nitrogen and oxygen atoms in total. The van der Waals surface area contributed by atoms with Crippen molar-refractivity contribution in [1.82, 2.24) is 19.6 Å². The molecule has 0 saturated heterocycles. The number of benzene rings is 4. The van der Waals surface area contributed by atoms with Gasteiger partial charge in [0.1, 0.15) is 11.4 Å². The van der Waals surface area contributed by atoms with Gasteiger partial charge in [-0.2, -0.15) is 28.0 Å². The van der Waals surface area contributed by atoms with E-state index in [9.17, 15) is 33.3 Å². The zero-order valence-corrected chi connectivity index (χ0v) is 29.7. The molecule has 0 fully saturated rings. The Morgan fingerprint density at radius 1 is 0.717 bits per heavy atom. The molecule has 0 bridgehead atoms. The van der Waals surface area contributed by atoms with Gasteiger partial charge in [-0.15, -0.1) is 15.9 Å². The number of anilines is 1. The van der Waals surface area contributed by atoms with E-state index in [4.69, 9.17) is 9.66 Å². The Morgan fingerprint density at radius 2 is 1.25 bits per heavy atom. The molecule has 4 aromatic carbocycles. The molecule has 6 aromatic rings.